The van der Waals surface area contributed by atoms with Crippen LogP contribution in [0.1, 0.15) is 12.5 Å². The van der Waals surface area contributed by atoms with Crippen LogP contribution in [0.25, 0.3) is 0 Å². The molecule has 6 heteroatoms. The second-order valence-electron chi connectivity index (χ2n) is 7.01. The molecule has 0 bridgehead atoms. The van der Waals surface area contributed by atoms with E-state index in [1.54, 1.807) is 0 Å². The van der Waals surface area contributed by atoms with Gasteiger partial charge in [0.1, 0.15) is 6.54 Å². The normalized spacial score (nSPS) is 16.6. The van der Waals surface area contributed by atoms with Gasteiger partial charge in [0.05, 0.1) is 20.3 Å². The Kier molecular flexibility index (Phi) is 6.72. The van der Waals surface area contributed by atoms with Crippen molar-refractivity contribution in [2.45, 2.75) is 19.5 Å². The van der Waals surface area contributed by atoms with Crippen molar-refractivity contribution < 1.29 is 14.4 Å². The maximum absolute atomic E-state index is 12.6. The summed E-state index contributed by atoms with van der Waals surface area (Å²) in [5.74, 6) is 0.0144. The average molecular weight is 389 g/mol. The zero-order valence-corrected chi connectivity index (χ0v) is 16.6. The van der Waals surface area contributed by atoms with Gasteiger partial charge in [-0.1, -0.05) is 23.7 Å². The lowest BCUT2D eigenvalue weighted by Crippen LogP contribution is -3.12. The molecule has 2 aromatic rings. The van der Waals surface area contributed by atoms with Gasteiger partial charge in [0.2, 0.25) is 0 Å². The van der Waals surface area contributed by atoms with Crippen molar-refractivity contribution in [3.05, 3.63) is 59.1 Å². The number of rotatable bonds is 6. The first-order valence-corrected chi connectivity index (χ1v) is 9.71. The molecule has 1 amide bonds. The zero-order chi connectivity index (χ0) is 19.2. The minimum Gasteiger partial charge on any atom is -0.378 e. The predicted octanol–water partition coefficient (Wildman–Crippen LogP) is 2.22. The van der Waals surface area contributed by atoms with Crippen LogP contribution in [0.4, 0.5) is 11.4 Å². The summed E-state index contributed by atoms with van der Waals surface area (Å²) in [5.41, 5.74) is 3.14. The lowest BCUT2D eigenvalue weighted by Gasteiger charge is -2.29. The smallest absolute Gasteiger partial charge is 0.282 e. The first-order chi connectivity index (χ1) is 13.0. The van der Waals surface area contributed by atoms with E-state index in [1.165, 1.54) is 0 Å². The molecule has 1 heterocycles. The molecule has 0 aromatic heterocycles. The number of anilines is 2. The number of likely N-dealkylation sites (N-methyl/N-ethyl adjacent to an activating group) is 1. The third kappa shape index (κ3) is 5.45. The number of quaternary nitrogens is 1. The van der Waals surface area contributed by atoms with Crippen LogP contribution in [0.5, 0.6) is 0 Å². The van der Waals surface area contributed by atoms with Crippen LogP contribution in [0.3, 0.4) is 0 Å². The Hall–Kier alpha value is -2.08. The minimum absolute atomic E-state index is 0.0144. The Bertz CT molecular complexity index is 743. The lowest BCUT2D eigenvalue weighted by molar-refractivity contribution is -0.907. The second-order valence-corrected chi connectivity index (χ2v) is 7.44. The van der Waals surface area contributed by atoms with Gasteiger partial charge >= 0.3 is 0 Å². The van der Waals surface area contributed by atoms with Gasteiger partial charge in [-0.05, 0) is 43.3 Å². The molecule has 2 N–H and O–H groups in total. The molecule has 0 radical (unpaired) electrons. The molecule has 144 valence electrons. The monoisotopic (exact) mass is 388 g/mol. The molecule has 1 aliphatic heterocycles. The van der Waals surface area contributed by atoms with E-state index in [0.29, 0.717) is 0 Å². The number of ether oxygens (including phenoxy) is 1. The highest BCUT2D eigenvalue weighted by Crippen LogP contribution is 2.19. The summed E-state index contributed by atoms with van der Waals surface area (Å²) in [7, 11) is 2.03. The van der Waals surface area contributed by atoms with Crippen LogP contribution in [0.2, 0.25) is 5.02 Å². The van der Waals surface area contributed by atoms with Crippen molar-refractivity contribution in [2.24, 2.45) is 0 Å². The van der Waals surface area contributed by atoms with Crippen molar-refractivity contribution in [1.82, 2.24) is 0 Å². The van der Waals surface area contributed by atoms with Crippen molar-refractivity contribution in [3.63, 3.8) is 0 Å². The molecule has 1 saturated heterocycles. The van der Waals surface area contributed by atoms with Crippen LogP contribution in [0, 0.1) is 0 Å². The maximum atomic E-state index is 12.6. The molecule has 2 aromatic carbocycles. The molecular weight excluding hydrogens is 362 g/mol. The second kappa shape index (κ2) is 9.22. The van der Waals surface area contributed by atoms with Gasteiger partial charge in [-0.2, -0.15) is 0 Å². The molecule has 1 aliphatic rings. The number of nitrogens with zero attached hydrogens (tertiary/aromatic N) is 1. The largest absolute Gasteiger partial charge is 0.378 e. The Morgan fingerprint density at radius 1 is 1.15 bits per heavy atom. The van der Waals surface area contributed by atoms with E-state index in [0.717, 1.165) is 59.7 Å². The SMILES string of the molecule is C[C@@H](C(=O)Nc1ccc(N2CCOCC2)cc1)[NH+](C)Cc1ccc(Cl)cc1. The van der Waals surface area contributed by atoms with E-state index in [1.807, 2.05) is 50.4 Å². The van der Waals surface area contributed by atoms with Crippen molar-refractivity contribution >= 4 is 28.9 Å². The van der Waals surface area contributed by atoms with E-state index in [-0.39, 0.29) is 11.9 Å². The number of halogens is 1. The standard InChI is InChI=1S/C21H26ClN3O2/c1-16(24(2)15-17-3-5-18(22)6-4-17)21(26)23-19-7-9-20(10-8-19)25-11-13-27-14-12-25/h3-10,16H,11-15H2,1-2H3,(H,23,26)/p+1/t16-/m0/s1. The third-order valence-corrected chi connectivity index (χ3v) is 5.29. The van der Waals surface area contributed by atoms with Crippen molar-refractivity contribution in [3.8, 4) is 0 Å². The molecule has 1 unspecified atom stereocenters. The number of carbonyl (C=O) groups is 1. The highest BCUT2D eigenvalue weighted by atomic mass is 35.5. The highest BCUT2D eigenvalue weighted by Gasteiger charge is 2.22. The molecule has 0 saturated carbocycles. The molecule has 2 atom stereocenters. The zero-order valence-electron chi connectivity index (χ0n) is 15.9. The van der Waals surface area contributed by atoms with Crippen LogP contribution >= 0.6 is 11.6 Å². The quantitative estimate of drug-likeness (QED) is 0.797. The summed E-state index contributed by atoms with van der Waals surface area (Å²) in [6, 6.07) is 15.6. The third-order valence-electron chi connectivity index (χ3n) is 5.04. The highest BCUT2D eigenvalue weighted by molar-refractivity contribution is 6.30. The van der Waals surface area contributed by atoms with Crippen molar-refractivity contribution in [1.29, 1.82) is 0 Å². The maximum Gasteiger partial charge on any atom is 0.282 e. The van der Waals surface area contributed by atoms with Gasteiger partial charge in [-0.15, -0.1) is 0 Å². The van der Waals surface area contributed by atoms with Crippen LogP contribution in [0.15, 0.2) is 48.5 Å². The number of nitrogens with one attached hydrogen (secondary N) is 2. The Labute approximate surface area is 165 Å². The Morgan fingerprint density at radius 2 is 1.78 bits per heavy atom. The first-order valence-electron chi connectivity index (χ1n) is 9.33. The van der Waals surface area contributed by atoms with Gasteiger partial charge in [-0.25, -0.2) is 0 Å². The van der Waals surface area contributed by atoms with Crippen LogP contribution < -0.4 is 15.1 Å². The Balaban J connectivity index is 1.54. The molecule has 27 heavy (non-hydrogen) atoms. The minimum atomic E-state index is -0.167. The van der Waals surface area contributed by atoms with Gasteiger partial charge < -0.3 is 19.9 Å². The molecular formula is C21H27ClN3O2+. The first kappa shape index (κ1) is 19.7. The van der Waals surface area contributed by atoms with E-state index in [9.17, 15) is 4.79 Å². The number of carbonyl (C=O) groups excluding carboxylic acids is 1. The summed E-state index contributed by atoms with van der Waals surface area (Å²) < 4.78 is 5.39. The molecule has 0 spiro atoms. The number of amides is 1. The van der Waals surface area contributed by atoms with E-state index in [2.05, 4.69) is 22.3 Å². The van der Waals surface area contributed by atoms with Gasteiger partial charge in [-0.3, -0.25) is 4.79 Å². The lowest BCUT2D eigenvalue weighted by atomic mass is 10.2. The molecule has 0 aliphatic carbocycles. The molecule has 1 fully saturated rings. The van der Waals surface area contributed by atoms with Crippen molar-refractivity contribution in [2.75, 3.05) is 43.6 Å². The fraction of sp³-hybridized carbons (Fsp3) is 0.381. The topological polar surface area (TPSA) is 46.0 Å². The summed E-state index contributed by atoms with van der Waals surface area (Å²) in [5, 5.41) is 3.75. The summed E-state index contributed by atoms with van der Waals surface area (Å²) in [6.07, 6.45) is 0. The van der Waals surface area contributed by atoms with Gasteiger partial charge in [0, 0.05) is 35.1 Å². The number of morpholine rings is 1. The van der Waals surface area contributed by atoms with E-state index >= 15 is 0 Å². The van der Waals surface area contributed by atoms with Crippen LogP contribution in [-0.4, -0.2) is 45.3 Å². The average Bonchev–Trinajstić information content (AvgIpc) is 2.70. The summed E-state index contributed by atoms with van der Waals surface area (Å²) in [4.78, 5) is 16.0. The Morgan fingerprint density at radius 3 is 2.41 bits per heavy atom. The number of benzene rings is 2. The van der Waals surface area contributed by atoms with Gasteiger partial charge in [0.15, 0.2) is 6.04 Å². The number of hydrogen-bond donors (Lipinski definition) is 2. The summed E-state index contributed by atoms with van der Waals surface area (Å²) >= 11 is 5.93. The molecule has 3 rings (SSSR count). The summed E-state index contributed by atoms with van der Waals surface area (Å²) in [6.45, 7) is 6.05. The van der Waals surface area contributed by atoms with E-state index < -0.39 is 0 Å². The fourth-order valence-electron chi connectivity index (χ4n) is 3.13. The fourth-order valence-corrected chi connectivity index (χ4v) is 3.25. The van der Waals surface area contributed by atoms with Gasteiger partial charge in [0.25, 0.3) is 5.91 Å². The number of hydrogen-bond acceptors (Lipinski definition) is 3. The predicted molar refractivity (Wildman–Crippen MR) is 110 cm³/mol. The van der Waals surface area contributed by atoms with Crippen LogP contribution in [-0.2, 0) is 16.1 Å². The molecule has 5 nitrogen and oxygen atoms in total. The van der Waals surface area contributed by atoms with E-state index in [4.69, 9.17) is 16.3 Å².